The molecule has 1 aromatic heterocycles. The summed E-state index contributed by atoms with van der Waals surface area (Å²) >= 11 is 1.03. The van der Waals surface area contributed by atoms with Crippen LogP contribution in [0.3, 0.4) is 0 Å². The molecule has 0 spiro atoms. The van der Waals surface area contributed by atoms with Crippen molar-refractivity contribution in [1.29, 1.82) is 5.26 Å². The molecule has 0 atom stereocenters. The van der Waals surface area contributed by atoms with Crippen LogP contribution in [0.25, 0.3) is 10.1 Å². The normalized spacial score (nSPS) is 11.2. The van der Waals surface area contributed by atoms with Crippen LogP contribution in [0.15, 0.2) is 12.1 Å². The van der Waals surface area contributed by atoms with Crippen LogP contribution < -0.4 is 10.8 Å². The highest BCUT2D eigenvalue weighted by Crippen LogP contribution is 2.35. The van der Waals surface area contributed by atoms with Gasteiger partial charge in [0.15, 0.2) is 0 Å². The van der Waals surface area contributed by atoms with Crippen LogP contribution in [0.5, 0.6) is 0 Å². The SMILES string of the molecule is Bc1ccc(F)c2sc(NC(=O)OC(C)(C)C)c(C#N)c12. The van der Waals surface area contributed by atoms with E-state index in [-0.39, 0.29) is 5.56 Å². The largest absolute Gasteiger partial charge is 0.444 e. The Labute approximate surface area is 126 Å². The Hall–Kier alpha value is -2.07. The first kappa shape index (κ1) is 15.3. The Morgan fingerprint density at radius 1 is 1.48 bits per heavy atom. The van der Waals surface area contributed by atoms with Crippen molar-refractivity contribution in [3.63, 3.8) is 0 Å². The number of carbonyl (C=O) groups excluding carboxylic acids is 1. The van der Waals surface area contributed by atoms with E-state index in [4.69, 9.17) is 4.74 Å². The van der Waals surface area contributed by atoms with Crippen LogP contribution in [0.2, 0.25) is 0 Å². The fourth-order valence-corrected chi connectivity index (χ4v) is 3.04. The van der Waals surface area contributed by atoms with Gasteiger partial charge in [-0.15, -0.1) is 11.3 Å². The number of halogens is 1. The quantitative estimate of drug-likeness (QED) is 0.823. The second-order valence-electron chi connectivity index (χ2n) is 5.61. The van der Waals surface area contributed by atoms with Gasteiger partial charge < -0.3 is 4.74 Å². The molecule has 0 aliphatic heterocycles. The van der Waals surface area contributed by atoms with Gasteiger partial charge in [0.2, 0.25) is 0 Å². The summed E-state index contributed by atoms with van der Waals surface area (Å²) in [5.41, 5.74) is 0.406. The summed E-state index contributed by atoms with van der Waals surface area (Å²) in [4.78, 5) is 11.8. The fourth-order valence-electron chi connectivity index (χ4n) is 1.92. The summed E-state index contributed by atoms with van der Waals surface area (Å²) in [6, 6.07) is 5.00. The first-order valence-electron chi connectivity index (χ1n) is 6.34. The van der Waals surface area contributed by atoms with Gasteiger partial charge in [-0.25, -0.2) is 9.18 Å². The van der Waals surface area contributed by atoms with Gasteiger partial charge in [0.25, 0.3) is 0 Å². The molecule has 0 bridgehead atoms. The number of ether oxygens (including phenoxy) is 1. The molecule has 4 nitrogen and oxygen atoms in total. The summed E-state index contributed by atoms with van der Waals surface area (Å²) in [6.07, 6.45) is -0.663. The predicted molar refractivity (Wildman–Crippen MR) is 84.5 cm³/mol. The van der Waals surface area contributed by atoms with Crippen molar-refractivity contribution in [2.24, 2.45) is 0 Å². The third-order valence-electron chi connectivity index (χ3n) is 2.73. The summed E-state index contributed by atoms with van der Waals surface area (Å²) in [5.74, 6) is -0.408. The molecule has 0 saturated heterocycles. The maximum Gasteiger partial charge on any atom is 0.412 e. The van der Waals surface area contributed by atoms with Crippen LogP contribution >= 0.6 is 11.3 Å². The Balaban J connectivity index is 2.46. The van der Waals surface area contributed by atoms with Gasteiger partial charge in [0.05, 0.1) is 10.3 Å². The maximum absolute atomic E-state index is 13.9. The summed E-state index contributed by atoms with van der Waals surface area (Å²) in [5, 5.41) is 12.7. The summed E-state index contributed by atoms with van der Waals surface area (Å²) in [6.45, 7) is 5.23. The zero-order valence-corrected chi connectivity index (χ0v) is 13.0. The summed E-state index contributed by atoms with van der Waals surface area (Å²) < 4.78 is 19.4. The van der Waals surface area contributed by atoms with Gasteiger partial charge in [-0.1, -0.05) is 11.5 Å². The minimum Gasteiger partial charge on any atom is -0.444 e. The highest BCUT2D eigenvalue weighted by Gasteiger charge is 2.21. The number of nitrogens with one attached hydrogen (secondary N) is 1. The van der Waals surface area contributed by atoms with E-state index in [1.165, 1.54) is 6.07 Å². The third-order valence-corrected chi connectivity index (χ3v) is 3.84. The molecule has 108 valence electrons. The average Bonchev–Trinajstić information content (AvgIpc) is 2.71. The van der Waals surface area contributed by atoms with Gasteiger partial charge in [-0.2, -0.15) is 5.26 Å². The molecular formula is C14H14BFN2O2S. The lowest BCUT2D eigenvalue weighted by molar-refractivity contribution is 0.0636. The number of thiophene rings is 1. The molecule has 2 aromatic rings. The van der Waals surface area contributed by atoms with Crippen molar-refractivity contribution in [1.82, 2.24) is 0 Å². The van der Waals surface area contributed by atoms with E-state index in [1.54, 1.807) is 34.7 Å². The standard InChI is InChI=1S/C14H14BFN2O2S/c1-14(2,3)20-13(19)18-12-7(6-17)10-8(15)4-5-9(16)11(10)21-12/h4-5H,15H2,1-3H3,(H,18,19). The molecule has 2 rings (SSSR count). The number of benzene rings is 1. The lowest BCUT2D eigenvalue weighted by Crippen LogP contribution is -2.27. The van der Waals surface area contributed by atoms with Gasteiger partial charge in [-0.3, -0.25) is 5.32 Å². The zero-order valence-electron chi connectivity index (χ0n) is 12.2. The molecule has 1 aromatic carbocycles. The molecular weight excluding hydrogens is 290 g/mol. The topological polar surface area (TPSA) is 62.1 Å². The number of hydrogen-bond donors (Lipinski definition) is 1. The van der Waals surface area contributed by atoms with Crippen molar-refractivity contribution in [2.45, 2.75) is 26.4 Å². The lowest BCUT2D eigenvalue weighted by atomic mass is 9.91. The highest BCUT2D eigenvalue weighted by molar-refractivity contribution is 7.23. The Kier molecular flexibility index (Phi) is 3.92. The minimum atomic E-state index is -0.663. The van der Waals surface area contributed by atoms with E-state index in [1.807, 2.05) is 6.07 Å². The molecule has 21 heavy (non-hydrogen) atoms. The molecule has 1 heterocycles. The molecule has 7 heteroatoms. The number of anilines is 1. The van der Waals surface area contributed by atoms with E-state index in [0.717, 1.165) is 16.8 Å². The van der Waals surface area contributed by atoms with Crippen molar-refractivity contribution in [2.75, 3.05) is 5.32 Å². The smallest absolute Gasteiger partial charge is 0.412 e. The second-order valence-corrected chi connectivity index (χ2v) is 6.63. The Bertz CT molecular complexity index is 759. The zero-order chi connectivity index (χ0) is 15.8. The number of amides is 1. The van der Waals surface area contributed by atoms with Gasteiger partial charge in [0.1, 0.15) is 30.3 Å². The summed E-state index contributed by atoms with van der Waals surface area (Å²) in [7, 11) is 1.80. The number of hydrogen-bond acceptors (Lipinski definition) is 4. The number of nitrogens with zero attached hydrogens (tertiary/aromatic N) is 1. The van der Waals surface area contributed by atoms with Gasteiger partial charge in [0, 0.05) is 5.39 Å². The van der Waals surface area contributed by atoms with Gasteiger partial charge in [-0.05, 0) is 26.8 Å². The predicted octanol–water partition coefficient (Wildman–Crippen LogP) is 2.52. The van der Waals surface area contributed by atoms with Gasteiger partial charge >= 0.3 is 6.09 Å². The van der Waals surface area contributed by atoms with Crippen molar-refractivity contribution < 1.29 is 13.9 Å². The van der Waals surface area contributed by atoms with E-state index >= 15 is 0 Å². The molecule has 1 N–H and O–H groups in total. The van der Waals surface area contributed by atoms with Crippen molar-refractivity contribution in [3.8, 4) is 6.07 Å². The molecule has 0 radical (unpaired) electrons. The van der Waals surface area contributed by atoms with E-state index in [2.05, 4.69) is 5.32 Å². The molecule has 1 amide bonds. The number of fused-ring (bicyclic) bond motifs is 1. The van der Waals surface area contributed by atoms with Crippen molar-refractivity contribution in [3.05, 3.63) is 23.5 Å². The van der Waals surface area contributed by atoms with Crippen LogP contribution in [0.1, 0.15) is 26.3 Å². The minimum absolute atomic E-state index is 0.262. The molecule has 0 aliphatic carbocycles. The maximum atomic E-state index is 13.9. The number of carbonyl (C=O) groups is 1. The molecule has 0 unspecified atom stereocenters. The molecule has 0 fully saturated rings. The first-order chi connectivity index (χ1) is 9.73. The Morgan fingerprint density at radius 3 is 2.71 bits per heavy atom. The lowest BCUT2D eigenvalue weighted by Gasteiger charge is -2.19. The molecule has 0 saturated carbocycles. The van der Waals surface area contributed by atoms with E-state index in [9.17, 15) is 14.4 Å². The second kappa shape index (κ2) is 5.37. The van der Waals surface area contributed by atoms with Crippen LogP contribution in [-0.4, -0.2) is 19.5 Å². The van der Waals surface area contributed by atoms with E-state index in [0.29, 0.717) is 15.1 Å². The molecule has 0 aliphatic rings. The van der Waals surface area contributed by atoms with Crippen LogP contribution in [0.4, 0.5) is 14.2 Å². The number of rotatable bonds is 1. The monoisotopic (exact) mass is 304 g/mol. The first-order valence-corrected chi connectivity index (χ1v) is 7.16. The van der Waals surface area contributed by atoms with Crippen LogP contribution in [0, 0.1) is 17.1 Å². The van der Waals surface area contributed by atoms with E-state index < -0.39 is 17.5 Å². The highest BCUT2D eigenvalue weighted by atomic mass is 32.1. The van der Waals surface area contributed by atoms with Crippen LogP contribution in [-0.2, 0) is 4.74 Å². The third kappa shape index (κ3) is 3.16. The number of nitriles is 1. The average molecular weight is 304 g/mol. The van der Waals surface area contributed by atoms with Crippen molar-refractivity contribution >= 4 is 45.8 Å². The fraction of sp³-hybridized carbons (Fsp3) is 0.286. The Morgan fingerprint density at radius 2 is 2.14 bits per heavy atom.